The van der Waals surface area contributed by atoms with Gasteiger partial charge in [-0.2, -0.15) is 5.10 Å². The molecule has 1 aromatic rings. The SMILES string of the molecule is CCC(C)CC(CC)n1ncc(I)c1N. The molecule has 1 aromatic heterocycles. The predicted molar refractivity (Wildman–Crippen MR) is 72.8 cm³/mol. The fourth-order valence-electron chi connectivity index (χ4n) is 1.71. The quantitative estimate of drug-likeness (QED) is 0.844. The highest BCUT2D eigenvalue weighted by Crippen LogP contribution is 2.26. The van der Waals surface area contributed by atoms with E-state index in [2.05, 4.69) is 48.5 Å². The second-order valence-electron chi connectivity index (χ2n) is 4.13. The average molecular weight is 321 g/mol. The van der Waals surface area contributed by atoms with Crippen molar-refractivity contribution >= 4 is 28.4 Å². The topological polar surface area (TPSA) is 43.8 Å². The molecule has 0 radical (unpaired) electrons. The van der Waals surface area contributed by atoms with Gasteiger partial charge in [-0.05, 0) is 41.4 Å². The summed E-state index contributed by atoms with van der Waals surface area (Å²) in [5.41, 5.74) is 5.99. The Labute approximate surface area is 106 Å². The largest absolute Gasteiger partial charge is 0.383 e. The lowest BCUT2D eigenvalue weighted by Gasteiger charge is -2.20. The van der Waals surface area contributed by atoms with Crippen molar-refractivity contribution in [3.63, 3.8) is 0 Å². The molecule has 0 aliphatic carbocycles. The van der Waals surface area contributed by atoms with Gasteiger partial charge in [0.25, 0.3) is 0 Å². The fraction of sp³-hybridized carbons (Fsp3) is 0.727. The monoisotopic (exact) mass is 321 g/mol. The number of rotatable bonds is 5. The summed E-state index contributed by atoms with van der Waals surface area (Å²) in [5, 5.41) is 4.36. The van der Waals surface area contributed by atoms with Crippen molar-refractivity contribution in [1.29, 1.82) is 0 Å². The van der Waals surface area contributed by atoms with E-state index in [0.717, 1.165) is 28.1 Å². The Balaban J connectivity index is 2.78. The van der Waals surface area contributed by atoms with Crippen LogP contribution in [0.25, 0.3) is 0 Å². The Morgan fingerprint density at radius 1 is 1.47 bits per heavy atom. The number of hydrogen-bond acceptors (Lipinski definition) is 2. The van der Waals surface area contributed by atoms with Gasteiger partial charge in [-0.1, -0.05) is 27.2 Å². The van der Waals surface area contributed by atoms with Crippen molar-refractivity contribution in [3.05, 3.63) is 9.77 Å². The lowest BCUT2D eigenvalue weighted by atomic mass is 9.98. The summed E-state index contributed by atoms with van der Waals surface area (Å²) in [5.74, 6) is 1.54. The highest BCUT2D eigenvalue weighted by atomic mass is 127. The number of hydrogen-bond donors (Lipinski definition) is 1. The molecule has 2 N–H and O–H groups in total. The number of anilines is 1. The number of aromatic nitrogens is 2. The van der Waals surface area contributed by atoms with Crippen LogP contribution in [0.15, 0.2) is 6.20 Å². The molecule has 3 nitrogen and oxygen atoms in total. The lowest BCUT2D eigenvalue weighted by Crippen LogP contribution is -2.15. The molecule has 0 amide bonds. The minimum absolute atomic E-state index is 0.448. The molecule has 0 fully saturated rings. The molecular weight excluding hydrogens is 301 g/mol. The molecule has 0 aliphatic heterocycles. The first kappa shape index (κ1) is 12.8. The molecule has 1 heterocycles. The minimum atomic E-state index is 0.448. The van der Waals surface area contributed by atoms with Crippen molar-refractivity contribution < 1.29 is 0 Å². The summed E-state index contributed by atoms with van der Waals surface area (Å²) < 4.78 is 3.03. The number of nitrogen functional groups attached to an aromatic ring is 1. The molecule has 0 spiro atoms. The van der Waals surface area contributed by atoms with Crippen LogP contribution in [0.1, 0.15) is 46.1 Å². The normalized spacial score (nSPS) is 15.2. The molecule has 15 heavy (non-hydrogen) atoms. The molecule has 0 bridgehead atoms. The first-order valence-electron chi connectivity index (χ1n) is 5.58. The van der Waals surface area contributed by atoms with Crippen molar-refractivity contribution in [2.24, 2.45) is 5.92 Å². The van der Waals surface area contributed by atoms with E-state index in [1.165, 1.54) is 6.42 Å². The number of nitrogens with two attached hydrogens (primary N) is 1. The van der Waals surface area contributed by atoms with E-state index in [1.54, 1.807) is 0 Å². The van der Waals surface area contributed by atoms with E-state index in [1.807, 2.05) is 10.9 Å². The van der Waals surface area contributed by atoms with Crippen LogP contribution in [-0.2, 0) is 0 Å². The molecule has 4 heteroatoms. The Morgan fingerprint density at radius 2 is 2.13 bits per heavy atom. The van der Waals surface area contributed by atoms with Gasteiger partial charge in [-0.3, -0.25) is 0 Å². The predicted octanol–water partition coefficient (Wildman–Crippen LogP) is 3.46. The van der Waals surface area contributed by atoms with Gasteiger partial charge >= 0.3 is 0 Å². The van der Waals surface area contributed by atoms with Crippen LogP contribution in [0.2, 0.25) is 0 Å². The Hall–Kier alpha value is -0.260. The van der Waals surface area contributed by atoms with Crippen LogP contribution in [0, 0.1) is 9.49 Å². The third-order valence-electron chi connectivity index (χ3n) is 2.98. The summed E-state index contributed by atoms with van der Waals surface area (Å²) in [6.07, 6.45) is 5.31. The summed E-state index contributed by atoms with van der Waals surface area (Å²) in [6, 6.07) is 0.448. The van der Waals surface area contributed by atoms with E-state index >= 15 is 0 Å². The highest BCUT2D eigenvalue weighted by Gasteiger charge is 2.16. The van der Waals surface area contributed by atoms with Crippen LogP contribution in [0.5, 0.6) is 0 Å². The molecule has 1 rings (SSSR count). The van der Waals surface area contributed by atoms with Gasteiger partial charge in [0.2, 0.25) is 0 Å². The maximum Gasteiger partial charge on any atom is 0.135 e. The Morgan fingerprint density at radius 3 is 2.53 bits per heavy atom. The molecular formula is C11H20IN3. The van der Waals surface area contributed by atoms with Gasteiger partial charge in [0.05, 0.1) is 15.8 Å². The van der Waals surface area contributed by atoms with E-state index < -0.39 is 0 Å². The summed E-state index contributed by atoms with van der Waals surface area (Å²) in [7, 11) is 0. The smallest absolute Gasteiger partial charge is 0.135 e. The lowest BCUT2D eigenvalue weighted by molar-refractivity contribution is 0.347. The van der Waals surface area contributed by atoms with Crippen molar-refractivity contribution in [2.45, 2.75) is 46.1 Å². The zero-order valence-electron chi connectivity index (χ0n) is 9.70. The van der Waals surface area contributed by atoms with E-state index in [-0.39, 0.29) is 0 Å². The first-order valence-corrected chi connectivity index (χ1v) is 6.66. The van der Waals surface area contributed by atoms with Crippen LogP contribution < -0.4 is 5.73 Å². The molecule has 2 atom stereocenters. The standard InChI is InChI=1S/C11H20IN3/c1-4-8(3)6-9(5-2)15-11(13)10(12)7-14-15/h7-9H,4-6,13H2,1-3H3. The van der Waals surface area contributed by atoms with Crippen LogP contribution in [0.3, 0.4) is 0 Å². The summed E-state index contributed by atoms with van der Waals surface area (Å²) in [6.45, 7) is 6.71. The third-order valence-corrected chi connectivity index (χ3v) is 3.81. The van der Waals surface area contributed by atoms with Crippen molar-refractivity contribution in [1.82, 2.24) is 9.78 Å². The third kappa shape index (κ3) is 3.09. The first-order chi connectivity index (χ1) is 7.10. The van der Waals surface area contributed by atoms with Gasteiger partial charge in [-0.25, -0.2) is 4.68 Å². The molecule has 2 unspecified atom stereocenters. The van der Waals surface area contributed by atoms with Crippen molar-refractivity contribution in [3.8, 4) is 0 Å². The van der Waals surface area contributed by atoms with Crippen LogP contribution >= 0.6 is 22.6 Å². The zero-order chi connectivity index (χ0) is 11.4. The van der Waals surface area contributed by atoms with Crippen LogP contribution in [0.4, 0.5) is 5.82 Å². The van der Waals surface area contributed by atoms with E-state index in [9.17, 15) is 0 Å². The Bertz CT molecular complexity index is 309. The second-order valence-corrected chi connectivity index (χ2v) is 5.30. The maximum absolute atomic E-state index is 5.99. The highest BCUT2D eigenvalue weighted by molar-refractivity contribution is 14.1. The Kier molecular flexibility index (Phi) is 4.89. The average Bonchev–Trinajstić information content (AvgIpc) is 2.56. The molecule has 0 aromatic carbocycles. The number of halogens is 1. The van der Waals surface area contributed by atoms with Gasteiger partial charge in [0, 0.05) is 0 Å². The van der Waals surface area contributed by atoms with Crippen molar-refractivity contribution in [2.75, 3.05) is 5.73 Å². The molecule has 86 valence electrons. The zero-order valence-corrected chi connectivity index (χ0v) is 11.9. The second kappa shape index (κ2) is 5.72. The molecule has 0 aliphatic rings. The number of nitrogens with zero attached hydrogens (tertiary/aromatic N) is 2. The molecule has 0 saturated carbocycles. The fourth-order valence-corrected chi connectivity index (χ4v) is 2.08. The van der Waals surface area contributed by atoms with Gasteiger partial charge in [-0.15, -0.1) is 0 Å². The van der Waals surface area contributed by atoms with E-state index in [0.29, 0.717) is 6.04 Å². The van der Waals surface area contributed by atoms with Gasteiger partial charge < -0.3 is 5.73 Å². The van der Waals surface area contributed by atoms with E-state index in [4.69, 9.17) is 5.73 Å². The summed E-state index contributed by atoms with van der Waals surface area (Å²) >= 11 is 2.23. The minimum Gasteiger partial charge on any atom is -0.383 e. The maximum atomic E-state index is 5.99. The summed E-state index contributed by atoms with van der Waals surface area (Å²) in [4.78, 5) is 0. The van der Waals surface area contributed by atoms with Gasteiger partial charge in [0.1, 0.15) is 5.82 Å². The van der Waals surface area contributed by atoms with Crippen LogP contribution in [-0.4, -0.2) is 9.78 Å². The molecule has 0 saturated heterocycles. The van der Waals surface area contributed by atoms with Gasteiger partial charge in [0.15, 0.2) is 0 Å².